The van der Waals surface area contributed by atoms with E-state index in [0.29, 0.717) is 5.92 Å². The van der Waals surface area contributed by atoms with Crippen LogP contribution in [0.2, 0.25) is 0 Å². The fourth-order valence-electron chi connectivity index (χ4n) is 4.25. The lowest BCUT2D eigenvalue weighted by molar-refractivity contribution is 0.256. The quantitative estimate of drug-likeness (QED) is 0.742. The molecule has 3 rings (SSSR count). The van der Waals surface area contributed by atoms with Gasteiger partial charge in [-0.1, -0.05) is 13.8 Å². The van der Waals surface area contributed by atoms with Gasteiger partial charge in [-0.3, -0.25) is 4.98 Å². The molecule has 1 saturated heterocycles. The molecule has 5 heteroatoms. The first-order valence-electron chi connectivity index (χ1n) is 10.4. The van der Waals surface area contributed by atoms with Gasteiger partial charge < -0.3 is 15.5 Å². The van der Waals surface area contributed by atoms with Crippen molar-refractivity contribution in [2.45, 2.75) is 39.7 Å². The first-order valence-corrected chi connectivity index (χ1v) is 10.4. The number of nitrogens with zero attached hydrogens (tertiary/aromatic N) is 2. The Morgan fingerprint density at radius 1 is 1.22 bits per heavy atom. The van der Waals surface area contributed by atoms with Crippen LogP contribution in [0.25, 0.3) is 10.9 Å². The van der Waals surface area contributed by atoms with Crippen LogP contribution in [-0.4, -0.2) is 49.2 Å². The molecule has 0 spiro atoms. The molecule has 2 heterocycles. The zero-order chi connectivity index (χ0) is 19.2. The minimum atomic E-state index is -0.193. The third-order valence-electron chi connectivity index (χ3n) is 5.81. The maximum absolute atomic E-state index is 14.0. The molecular weight excluding hydrogens is 339 g/mol. The van der Waals surface area contributed by atoms with Gasteiger partial charge in [0.25, 0.3) is 0 Å². The molecule has 1 aromatic heterocycles. The second kappa shape index (κ2) is 9.58. The topological polar surface area (TPSA) is 40.2 Å². The summed E-state index contributed by atoms with van der Waals surface area (Å²) in [7, 11) is 0. The van der Waals surface area contributed by atoms with Crippen LogP contribution in [-0.2, 0) is 0 Å². The molecule has 2 N–H and O–H groups in total. The molecule has 0 aliphatic carbocycles. The number of aryl methyl sites for hydroxylation is 1. The molecule has 148 valence electrons. The Bertz CT molecular complexity index is 738. The number of likely N-dealkylation sites (N-methyl/N-ethyl adjacent to an activating group) is 1. The zero-order valence-corrected chi connectivity index (χ0v) is 16.9. The average Bonchev–Trinajstić information content (AvgIpc) is 2.69. The SMILES string of the molecule is CCN(CC)CCNC(c1cc(C)nc2ccc(F)cc12)C1CCNCC1. The van der Waals surface area contributed by atoms with E-state index < -0.39 is 0 Å². The van der Waals surface area contributed by atoms with Gasteiger partial charge in [-0.2, -0.15) is 0 Å². The third kappa shape index (κ3) is 5.03. The molecule has 4 nitrogen and oxygen atoms in total. The molecule has 1 aromatic carbocycles. The predicted octanol–water partition coefficient (Wildman–Crippen LogP) is 3.65. The van der Waals surface area contributed by atoms with E-state index in [0.717, 1.165) is 68.7 Å². The van der Waals surface area contributed by atoms with Gasteiger partial charge in [0.15, 0.2) is 0 Å². The minimum absolute atomic E-state index is 0.193. The lowest BCUT2D eigenvalue weighted by Crippen LogP contribution is -2.39. The molecule has 0 amide bonds. The third-order valence-corrected chi connectivity index (χ3v) is 5.81. The van der Waals surface area contributed by atoms with Crippen molar-refractivity contribution in [1.29, 1.82) is 0 Å². The van der Waals surface area contributed by atoms with Gasteiger partial charge in [0.1, 0.15) is 5.82 Å². The normalized spacial score (nSPS) is 16.9. The Kier molecular flexibility index (Phi) is 7.16. The van der Waals surface area contributed by atoms with Gasteiger partial charge in [-0.15, -0.1) is 0 Å². The van der Waals surface area contributed by atoms with Crippen molar-refractivity contribution >= 4 is 10.9 Å². The van der Waals surface area contributed by atoms with Crippen LogP contribution in [0.5, 0.6) is 0 Å². The molecule has 2 aromatic rings. The second-order valence-corrected chi connectivity index (χ2v) is 7.56. The number of nitrogens with one attached hydrogen (secondary N) is 2. The molecular formula is C22H33FN4. The fourth-order valence-corrected chi connectivity index (χ4v) is 4.25. The first-order chi connectivity index (χ1) is 13.1. The van der Waals surface area contributed by atoms with E-state index in [2.05, 4.69) is 40.4 Å². The Hall–Kier alpha value is -1.56. The first kappa shape index (κ1) is 20.2. The summed E-state index contributed by atoms with van der Waals surface area (Å²) in [4.78, 5) is 7.06. The summed E-state index contributed by atoms with van der Waals surface area (Å²) in [6, 6.07) is 7.34. The molecule has 1 fully saturated rings. The van der Waals surface area contributed by atoms with Crippen molar-refractivity contribution in [2.75, 3.05) is 39.3 Å². The Morgan fingerprint density at radius 3 is 2.67 bits per heavy atom. The summed E-state index contributed by atoms with van der Waals surface area (Å²) in [5.41, 5.74) is 3.08. The predicted molar refractivity (Wildman–Crippen MR) is 111 cm³/mol. The summed E-state index contributed by atoms with van der Waals surface area (Å²) >= 11 is 0. The summed E-state index contributed by atoms with van der Waals surface area (Å²) in [5.74, 6) is 0.359. The number of piperidine rings is 1. The van der Waals surface area contributed by atoms with Gasteiger partial charge >= 0.3 is 0 Å². The number of pyridine rings is 1. The van der Waals surface area contributed by atoms with Crippen LogP contribution < -0.4 is 10.6 Å². The van der Waals surface area contributed by atoms with E-state index in [1.54, 1.807) is 12.1 Å². The van der Waals surface area contributed by atoms with Crippen LogP contribution in [0.15, 0.2) is 24.3 Å². The monoisotopic (exact) mass is 372 g/mol. The fraction of sp³-hybridized carbons (Fsp3) is 0.591. The highest BCUT2D eigenvalue weighted by Gasteiger charge is 2.26. The van der Waals surface area contributed by atoms with E-state index in [1.807, 2.05) is 6.92 Å². The molecule has 0 radical (unpaired) electrons. The van der Waals surface area contributed by atoms with Crippen LogP contribution >= 0.6 is 0 Å². The molecule has 27 heavy (non-hydrogen) atoms. The molecule has 1 unspecified atom stereocenters. The molecule has 0 bridgehead atoms. The summed E-state index contributed by atoms with van der Waals surface area (Å²) in [6.45, 7) is 12.6. The summed E-state index contributed by atoms with van der Waals surface area (Å²) in [6.07, 6.45) is 2.28. The number of aromatic nitrogens is 1. The minimum Gasteiger partial charge on any atom is -0.317 e. The van der Waals surface area contributed by atoms with E-state index in [9.17, 15) is 4.39 Å². The van der Waals surface area contributed by atoms with Crippen molar-refractivity contribution in [2.24, 2.45) is 5.92 Å². The highest BCUT2D eigenvalue weighted by atomic mass is 19.1. The molecule has 0 saturated carbocycles. The number of fused-ring (bicyclic) bond motifs is 1. The smallest absolute Gasteiger partial charge is 0.123 e. The van der Waals surface area contributed by atoms with Crippen LogP contribution in [0.3, 0.4) is 0 Å². The summed E-state index contributed by atoms with van der Waals surface area (Å²) in [5, 5.41) is 8.23. The van der Waals surface area contributed by atoms with Crippen LogP contribution in [0.1, 0.15) is 44.0 Å². The van der Waals surface area contributed by atoms with E-state index in [-0.39, 0.29) is 11.9 Å². The van der Waals surface area contributed by atoms with Crippen molar-refractivity contribution in [1.82, 2.24) is 20.5 Å². The maximum atomic E-state index is 14.0. The van der Waals surface area contributed by atoms with Crippen molar-refractivity contribution in [3.05, 3.63) is 41.3 Å². The Morgan fingerprint density at radius 2 is 1.96 bits per heavy atom. The van der Waals surface area contributed by atoms with Gasteiger partial charge in [0.05, 0.1) is 5.52 Å². The highest BCUT2D eigenvalue weighted by molar-refractivity contribution is 5.83. The van der Waals surface area contributed by atoms with Crippen molar-refractivity contribution < 1.29 is 4.39 Å². The van der Waals surface area contributed by atoms with E-state index in [4.69, 9.17) is 0 Å². The standard InChI is InChI=1S/C22H33FN4/c1-4-27(5-2)13-12-25-22(17-8-10-24-11-9-17)20-14-16(3)26-21-7-6-18(23)15-19(20)21/h6-7,14-15,17,22,24-25H,4-5,8-13H2,1-3H3. The number of benzene rings is 1. The second-order valence-electron chi connectivity index (χ2n) is 7.56. The maximum Gasteiger partial charge on any atom is 0.123 e. The van der Waals surface area contributed by atoms with Crippen molar-refractivity contribution in [3.8, 4) is 0 Å². The zero-order valence-electron chi connectivity index (χ0n) is 16.9. The van der Waals surface area contributed by atoms with Crippen LogP contribution in [0.4, 0.5) is 4.39 Å². The van der Waals surface area contributed by atoms with Crippen molar-refractivity contribution in [3.63, 3.8) is 0 Å². The lowest BCUT2D eigenvalue weighted by Gasteiger charge is -2.33. The highest BCUT2D eigenvalue weighted by Crippen LogP contribution is 2.33. The molecule has 1 aliphatic rings. The number of halogens is 1. The Labute approximate surface area is 162 Å². The largest absolute Gasteiger partial charge is 0.317 e. The molecule has 1 aliphatic heterocycles. The lowest BCUT2D eigenvalue weighted by atomic mass is 9.84. The molecule has 1 atom stereocenters. The number of rotatable bonds is 8. The average molecular weight is 373 g/mol. The van der Waals surface area contributed by atoms with Gasteiger partial charge in [-0.05, 0) is 81.7 Å². The van der Waals surface area contributed by atoms with Gasteiger partial charge in [0.2, 0.25) is 0 Å². The van der Waals surface area contributed by atoms with Crippen LogP contribution in [0, 0.1) is 18.7 Å². The number of hydrogen-bond donors (Lipinski definition) is 2. The summed E-state index contributed by atoms with van der Waals surface area (Å²) < 4.78 is 14.0. The Balaban J connectivity index is 1.92. The van der Waals surface area contributed by atoms with Gasteiger partial charge in [0, 0.05) is 30.2 Å². The number of hydrogen-bond acceptors (Lipinski definition) is 4. The van der Waals surface area contributed by atoms with E-state index in [1.165, 1.54) is 11.6 Å². The van der Waals surface area contributed by atoms with Gasteiger partial charge in [-0.25, -0.2) is 4.39 Å². The van der Waals surface area contributed by atoms with E-state index >= 15 is 0 Å².